The third kappa shape index (κ3) is 4.85. The van der Waals surface area contributed by atoms with E-state index in [-0.39, 0.29) is 18.3 Å². The number of rotatable bonds is 6. The van der Waals surface area contributed by atoms with Crippen LogP contribution in [0.25, 0.3) is 0 Å². The third-order valence-corrected chi connectivity index (χ3v) is 2.75. The Morgan fingerprint density at radius 3 is 2.95 bits per heavy atom. The molecule has 0 atom stereocenters. The van der Waals surface area contributed by atoms with Gasteiger partial charge in [-0.1, -0.05) is 28.9 Å². The Balaban J connectivity index is 1.77. The van der Waals surface area contributed by atoms with Crippen LogP contribution in [0.3, 0.4) is 0 Å². The van der Waals surface area contributed by atoms with Crippen molar-refractivity contribution >= 4 is 23.3 Å². The van der Waals surface area contributed by atoms with Crippen LogP contribution in [0, 0.1) is 0 Å². The quantitative estimate of drug-likeness (QED) is 0.484. The van der Waals surface area contributed by atoms with Crippen LogP contribution in [-0.2, 0) is 16.2 Å². The van der Waals surface area contributed by atoms with E-state index in [0.29, 0.717) is 22.9 Å². The molecule has 0 bridgehead atoms. The number of carbonyl (C=O) groups excluding carboxylic acids is 1. The van der Waals surface area contributed by atoms with Gasteiger partial charge in [-0.3, -0.25) is 4.79 Å². The summed E-state index contributed by atoms with van der Waals surface area (Å²) in [5, 5.41) is 6.83. The summed E-state index contributed by atoms with van der Waals surface area (Å²) in [6.07, 6.45) is 1.54. The van der Waals surface area contributed by atoms with Gasteiger partial charge in [-0.15, -0.1) is 0 Å². The Hall–Kier alpha value is -2.47. The predicted octanol–water partition coefficient (Wildman–Crippen LogP) is 1.89. The van der Waals surface area contributed by atoms with Crippen molar-refractivity contribution in [2.75, 3.05) is 6.61 Å². The van der Waals surface area contributed by atoms with Crippen molar-refractivity contribution in [3.05, 3.63) is 59.0 Å². The van der Waals surface area contributed by atoms with E-state index in [0.717, 1.165) is 0 Å². The van der Waals surface area contributed by atoms with Gasteiger partial charge in [0.2, 0.25) is 0 Å². The summed E-state index contributed by atoms with van der Waals surface area (Å²) in [5.74, 6) is 0.482. The molecule has 21 heavy (non-hydrogen) atoms. The zero-order chi connectivity index (χ0) is 15.1. The molecule has 0 fully saturated rings. The second-order valence-electron chi connectivity index (χ2n) is 4.12. The molecule has 0 radical (unpaired) electrons. The number of amides is 1. The van der Waals surface area contributed by atoms with Gasteiger partial charge in [0.1, 0.15) is 5.76 Å². The van der Waals surface area contributed by atoms with E-state index in [2.05, 4.69) is 10.5 Å². The Morgan fingerprint density at radius 2 is 2.24 bits per heavy atom. The van der Waals surface area contributed by atoms with Crippen molar-refractivity contribution in [3.63, 3.8) is 0 Å². The molecular weight excluding hydrogens is 294 g/mol. The molecule has 0 unspecified atom stereocenters. The average Bonchev–Trinajstić information content (AvgIpc) is 2.98. The molecule has 110 valence electrons. The number of benzene rings is 1. The first-order valence-electron chi connectivity index (χ1n) is 6.15. The zero-order valence-corrected chi connectivity index (χ0v) is 11.8. The van der Waals surface area contributed by atoms with Crippen molar-refractivity contribution in [3.8, 4) is 0 Å². The first kappa shape index (κ1) is 14.9. The molecule has 1 aromatic carbocycles. The highest BCUT2D eigenvalue weighted by molar-refractivity contribution is 6.31. The summed E-state index contributed by atoms with van der Waals surface area (Å²) in [5.41, 5.74) is 6.34. The summed E-state index contributed by atoms with van der Waals surface area (Å²) >= 11 is 5.84. The van der Waals surface area contributed by atoms with Crippen molar-refractivity contribution < 1.29 is 14.0 Å². The van der Waals surface area contributed by atoms with Crippen LogP contribution in [0.15, 0.2) is 52.2 Å². The molecule has 2 aromatic rings. The standard InChI is InChI=1S/C14H14ClN3O3/c15-11-4-1-3-10(7-11)14(16)18-21-9-13(19)17-8-12-5-2-6-20-12/h1-7H,8-9H2,(H2,16,18)(H,17,19). The van der Waals surface area contributed by atoms with Gasteiger partial charge in [-0.2, -0.15) is 0 Å². The lowest BCUT2D eigenvalue weighted by Gasteiger charge is -2.04. The fourth-order valence-corrected chi connectivity index (χ4v) is 1.70. The Kier molecular flexibility index (Phi) is 5.22. The van der Waals surface area contributed by atoms with E-state index in [9.17, 15) is 4.79 Å². The molecule has 0 aliphatic rings. The Morgan fingerprint density at radius 1 is 1.38 bits per heavy atom. The highest BCUT2D eigenvalue weighted by Crippen LogP contribution is 2.10. The van der Waals surface area contributed by atoms with E-state index in [1.54, 1.807) is 36.4 Å². The maximum absolute atomic E-state index is 11.5. The molecule has 7 heteroatoms. The minimum Gasteiger partial charge on any atom is -0.467 e. The summed E-state index contributed by atoms with van der Waals surface area (Å²) in [7, 11) is 0. The molecule has 0 aliphatic carbocycles. The lowest BCUT2D eigenvalue weighted by molar-refractivity contribution is -0.125. The number of hydrogen-bond donors (Lipinski definition) is 2. The molecule has 0 saturated heterocycles. The highest BCUT2D eigenvalue weighted by atomic mass is 35.5. The molecule has 1 aromatic heterocycles. The van der Waals surface area contributed by atoms with Gasteiger partial charge in [0.25, 0.3) is 5.91 Å². The number of hydrogen-bond acceptors (Lipinski definition) is 4. The van der Waals surface area contributed by atoms with Gasteiger partial charge >= 0.3 is 0 Å². The van der Waals surface area contributed by atoms with Gasteiger partial charge < -0.3 is 20.3 Å². The van der Waals surface area contributed by atoms with E-state index in [1.165, 1.54) is 6.26 Å². The summed E-state index contributed by atoms with van der Waals surface area (Å²) in [4.78, 5) is 16.4. The van der Waals surface area contributed by atoms with Gasteiger partial charge in [0.15, 0.2) is 12.4 Å². The van der Waals surface area contributed by atoms with Gasteiger partial charge in [0.05, 0.1) is 12.8 Å². The smallest absolute Gasteiger partial charge is 0.261 e. The maximum atomic E-state index is 11.5. The maximum Gasteiger partial charge on any atom is 0.261 e. The zero-order valence-electron chi connectivity index (χ0n) is 11.1. The highest BCUT2D eigenvalue weighted by Gasteiger charge is 2.04. The van der Waals surface area contributed by atoms with Gasteiger partial charge in [-0.25, -0.2) is 0 Å². The van der Waals surface area contributed by atoms with Crippen molar-refractivity contribution in [2.45, 2.75) is 6.54 Å². The number of nitrogens with zero attached hydrogens (tertiary/aromatic N) is 1. The summed E-state index contributed by atoms with van der Waals surface area (Å²) < 4.78 is 5.08. The molecule has 0 aliphatic heterocycles. The van der Waals surface area contributed by atoms with E-state index in [4.69, 9.17) is 26.6 Å². The van der Waals surface area contributed by atoms with Crippen LogP contribution >= 0.6 is 11.6 Å². The van der Waals surface area contributed by atoms with Crippen molar-refractivity contribution in [1.29, 1.82) is 0 Å². The van der Waals surface area contributed by atoms with Crippen LogP contribution in [-0.4, -0.2) is 18.3 Å². The monoisotopic (exact) mass is 307 g/mol. The fourth-order valence-electron chi connectivity index (χ4n) is 1.51. The minimum atomic E-state index is -0.325. The van der Waals surface area contributed by atoms with Crippen LogP contribution in [0.2, 0.25) is 5.02 Å². The molecule has 0 saturated carbocycles. The largest absolute Gasteiger partial charge is 0.467 e. The predicted molar refractivity (Wildman–Crippen MR) is 78.7 cm³/mol. The number of nitrogens with one attached hydrogen (secondary N) is 1. The number of carbonyl (C=O) groups is 1. The van der Waals surface area contributed by atoms with E-state index < -0.39 is 0 Å². The van der Waals surface area contributed by atoms with Crippen LogP contribution in [0.1, 0.15) is 11.3 Å². The van der Waals surface area contributed by atoms with Gasteiger partial charge in [-0.05, 0) is 24.3 Å². The van der Waals surface area contributed by atoms with Crippen LogP contribution in [0.5, 0.6) is 0 Å². The first-order valence-corrected chi connectivity index (χ1v) is 6.53. The SMILES string of the molecule is N/C(=N\OCC(=O)NCc1ccco1)c1cccc(Cl)c1. The third-order valence-electron chi connectivity index (χ3n) is 2.52. The number of furan rings is 1. The molecule has 2 rings (SSSR count). The summed E-state index contributed by atoms with van der Waals surface area (Å²) in [6, 6.07) is 10.4. The van der Waals surface area contributed by atoms with E-state index in [1.807, 2.05) is 0 Å². The topological polar surface area (TPSA) is 89.9 Å². The molecule has 0 spiro atoms. The van der Waals surface area contributed by atoms with E-state index >= 15 is 0 Å². The van der Waals surface area contributed by atoms with Crippen molar-refractivity contribution in [1.82, 2.24) is 5.32 Å². The fraction of sp³-hybridized carbons (Fsp3) is 0.143. The minimum absolute atomic E-state index is 0.149. The Labute approximate surface area is 126 Å². The van der Waals surface area contributed by atoms with Gasteiger partial charge in [0, 0.05) is 10.6 Å². The number of oxime groups is 1. The Bertz CT molecular complexity index is 626. The molecule has 1 heterocycles. The lowest BCUT2D eigenvalue weighted by Crippen LogP contribution is -2.26. The first-order chi connectivity index (χ1) is 10.1. The average molecular weight is 308 g/mol. The second kappa shape index (κ2) is 7.35. The molecule has 6 nitrogen and oxygen atoms in total. The normalized spacial score (nSPS) is 11.2. The molecule has 1 amide bonds. The van der Waals surface area contributed by atoms with Crippen LogP contribution < -0.4 is 11.1 Å². The number of halogens is 1. The molecule has 3 N–H and O–H groups in total. The number of amidine groups is 1. The number of nitrogens with two attached hydrogens (primary N) is 1. The molecular formula is C14H14ClN3O3. The lowest BCUT2D eigenvalue weighted by atomic mass is 10.2. The van der Waals surface area contributed by atoms with Crippen molar-refractivity contribution in [2.24, 2.45) is 10.9 Å². The van der Waals surface area contributed by atoms with Crippen LogP contribution in [0.4, 0.5) is 0 Å². The second-order valence-corrected chi connectivity index (χ2v) is 4.55. The summed E-state index contributed by atoms with van der Waals surface area (Å²) in [6.45, 7) is 0.0602.